The number of carbonyl (C=O) groups is 1. The summed E-state index contributed by atoms with van der Waals surface area (Å²) in [7, 11) is 0. The molecule has 1 heterocycles. The van der Waals surface area contributed by atoms with Crippen LogP contribution in [0.5, 0.6) is 0 Å². The fourth-order valence-corrected chi connectivity index (χ4v) is 4.42. The van der Waals surface area contributed by atoms with Crippen LogP contribution in [-0.4, -0.2) is 16.9 Å². The van der Waals surface area contributed by atoms with Crippen LogP contribution in [0.2, 0.25) is 5.02 Å². The first kappa shape index (κ1) is 20.7. The number of nitrogens with zero attached hydrogens (tertiary/aromatic N) is 1. The first-order valence-corrected chi connectivity index (χ1v) is 11.1. The molecule has 1 aromatic heterocycles. The lowest BCUT2D eigenvalue weighted by Gasteiger charge is -2.29. The van der Waals surface area contributed by atoms with Crippen LogP contribution in [0.4, 0.5) is 5.82 Å². The van der Waals surface area contributed by atoms with Crippen LogP contribution in [0, 0.1) is 12.8 Å². The van der Waals surface area contributed by atoms with Gasteiger partial charge in [-0.05, 0) is 74.9 Å². The molecule has 0 radical (unpaired) electrons. The molecule has 156 valence electrons. The molecule has 4 rings (SSSR count). The number of nitrogens with one attached hydrogen (secondary N) is 2. The highest BCUT2D eigenvalue weighted by Crippen LogP contribution is 2.28. The number of aryl methyl sites for hydroxylation is 1. The second-order valence-electron chi connectivity index (χ2n) is 8.32. The van der Waals surface area contributed by atoms with Gasteiger partial charge in [-0.1, -0.05) is 41.9 Å². The Morgan fingerprint density at radius 3 is 2.50 bits per heavy atom. The Morgan fingerprint density at radius 1 is 1.07 bits per heavy atom. The Balaban J connectivity index is 1.31. The zero-order chi connectivity index (χ0) is 21.1. The molecule has 1 unspecified atom stereocenters. The summed E-state index contributed by atoms with van der Waals surface area (Å²) in [5.74, 6) is 1.15. The van der Waals surface area contributed by atoms with Gasteiger partial charge in [-0.2, -0.15) is 0 Å². The fraction of sp³-hybridized carbons (Fsp3) is 0.360. The molecule has 0 aliphatic heterocycles. The lowest BCUT2D eigenvalue weighted by atomic mass is 9.85. The van der Waals surface area contributed by atoms with Gasteiger partial charge in [0.05, 0.1) is 11.6 Å². The van der Waals surface area contributed by atoms with Gasteiger partial charge in [0.1, 0.15) is 5.82 Å². The molecular formula is C25H28ClN3O. The number of pyridine rings is 1. The number of amides is 1. The number of halogens is 1. The van der Waals surface area contributed by atoms with Gasteiger partial charge < -0.3 is 10.6 Å². The van der Waals surface area contributed by atoms with Crippen molar-refractivity contribution >= 4 is 34.2 Å². The third kappa shape index (κ3) is 4.76. The van der Waals surface area contributed by atoms with E-state index in [1.807, 2.05) is 43.3 Å². The van der Waals surface area contributed by atoms with Crippen LogP contribution in [0.25, 0.3) is 10.9 Å². The summed E-state index contributed by atoms with van der Waals surface area (Å²) in [4.78, 5) is 17.5. The van der Waals surface area contributed by atoms with Crippen molar-refractivity contribution in [3.63, 3.8) is 0 Å². The number of carbonyl (C=O) groups excluding carboxylic acids is 1. The van der Waals surface area contributed by atoms with Crippen molar-refractivity contribution in [1.82, 2.24) is 10.3 Å². The largest absolute Gasteiger partial charge is 0.367 e. The quantitative estimate of drug-likeness (QED) is 0.527. The minimum Gasteiger partial charge on any atom is -0.367 e. The van der Waals surface area contributed by atoms with Gasteiger partial charge in [-0.3, -0.25) is 4.79 Å². The summed E-state index contributed by atoms with van der Waals surface area (Å²) in [5, 5.41) is 8.65. The summed E-state index contributed by atoms with van der Waals surface area (Å²) in [6, 6.07) is 18.3. The molecular weight excluding hydrogens is 394 g/mol. The zero-order valence-electron chi connectivity index (χ0n) is 17.5. The molecule has 1 aliphatic rings. The number of hydrogen-bond donors (Lipinski definition) is 2. The predicted octanol–water partition coefficient (Wildman–Crippen LogP) is 6.04. The highest BCUT2D eigenvalue weighted by atomic mass is 35.5. The molecule has 30 heavy (non-hydrogen) atoms. The van der Waals surface area contributed by atoms with Gasteiger partial charge in [-0.25, -0.2) is 4.98 Å². The Kier molecular flexibility index (Phi) is 6.24. The monoisotopic (exact) mass is 421 g/mol. The fourth-order valence-electron chi connectivity index (χ4n) is 4.30. The minimum absolute atomic E-state index is 0.0182. The molecule has 4 nitrogen and oxygen atoms in total. The normalized spacial score (nSPS) is 20.0. The average Bonchev–Trinajstić information content (AvgIpc) is 2.74. The average molecular weight is 422 g/mol. The summed E-state index contributed by atoms with van der Waals surface area (Å²) in [5.41, 5.74) is 3.32. The molecule has 1 fully saturated rings. The maximum atomic E-state index is 12.7. The van der Waals surface area contributed by atoms with Gasteiger partial charge in [0, 0.05) is 22.4 Å². The van der Waals surface area contributed by atoms with E-state index in [9.17, 15) is 4.79 Å². The van der Waals surface area contributed by atoms with Crippen LogP contribution in [0.15, 0.2) is 54.6 Å². The second-order valence-corrected chi connectivity index (χ2v) is 8.75. The molecule has 0 saturated heterocycles. The smallest absolute Gasteiger partial charge is 0.223 e. The van der Waals surface area contributed by atoms with E-state index in [0.717, 1.165) is 42.6 Å². The van der Waals surface area contributed by atoms with Gasteiger partial charge in [0.25, 0.3) is 0 Å². The summed E-state index contributed by atoms with van der Waals surface area (Å²) in [6.07, 6.45) is 3.73. The standard InChI is InChI=1S/C25H28ClN3O/c1-16-15-24(29-23-6-4-3-5-22(16)23)28-21-13-9-19(10-14-21)25(30)27-17(2)18-7-11-20(26)12-8-18/h3-8,11-12,15,17,19,21H,9-10,13-14H2,1-2H3,(H,27,30)(H,28,29). The number of fused-ring (bicyclic) bond motifs is 1. The van der Waals surface area contributed by atoms with E-state index in [1.165, 1.54) is 10.9 Å². The SMILES string of the molecule is Cc1cc(NC2CCC(C(=O)NC(C)c3ccc(Cl)cc3)CC2)nc2ccccc12. The van der Waals surface area contributed by atoms with Crippen LogP contribution in [0.3, 0.4) is 0 Å². The second kappa shape index (κ2) is 9.05. The molecule has 3 aromatic rings. The third-order valence-electron chi connectivity index (χ3n) is 6.10. The van der Waals surface area contributed by atoms with E-state index in [1.54, 1.807) is 0 Å². The zero-order valence-corrected chi connectivity index (χ0v) is 18.2. The molecule has 2 N–H and O–H groups in total. The Hall–Kier alpha value is -2.59. The van der Waals surface area contributed by atoms with E-state index in [2.05, 4.69) is 35.8 Å². The van der Waals surface area contributed by atoms with Crippen LogP contribution in [0.1, 0.15) is 49.8 Å². The molecule has 1 aliphatic carbocycles. The molecule has 0 spiro atoms. The summed E-state index contributed by atoms with van der Waals surface area (Å²) in [6.45, 7) is 4.14. The van der Waals surface area contributed by atoms with Crippen LogP contribution >= 0.6 is 11.6 Å². The van der Waals surface area contributed by atoms with Gasteiger partial charge >= 0.3 is 0 Å². The lowest BCUT2D eigenvalue weighted by Crippen LogP contribution is -2.37. The van der Waals surface area contributed by atoms with Crippen molar-refractivity contribution in [1.29, 1.82) is 0 Å². The Morgan fingerprint density at radius 2 is 1.77 bits per heavy atom. The number of anilines is 1. The first-order chi connectivity index (χ1) is 14.5. The van der Waals surface area contributed by atoms with E-state index in [0.29, 0.717) is 11.1 Å². The molecule has 2 aromatic carbocycles. The van der Waals surface area contributed by atoms with Crippen LogP contribution in [-0.2, 0) is 4.79 Å². The molecule has 1 amide bonds. The third-order valence-corrected chi connectivity index (χ3v) is 6.35. The highest BCUT2D eigenvalue weighted by Gasteiger charge is 2.27. The number of aromatic nitrogens is 1. The molecule has 0 bridgehead atoms. The van der Waals surface area contributed by atoms with E-state index in [-0.39, 0.29) is 17.9 Å². The maximum Gasteiger partial charge on any atom is 0.223 e. The molecule has 5 heteroatoms. The molecule has 1 saturated carbocycles. The number of para-hydroxylation sites is 1. The van der Waals surface area contributed by atoms with Crippen LogP contribution < -0.4 is 10.6 Å². The summed E-state index contributed by atoms with van der Waals surface area (Å²) >= 11 is 5.96. The predicted molar refractivity (Wildman–Crippen MR) is 124 cm³/mol. The van der Waals surface area contributed by atoms with Crippen molar-refractivity contribution < 1.29 is 4.79 Å². The molecule has 1 atom stereocenters. The van der Waals surface area contributed by atoms with Crippen molar-refractivity contribution in [2.45, 2.75) is 51.6 Å². The Labute approximate surface area is 183 Å². The number of hydrogen-bond acceptors (Lipinski definition) is 3. The Bertz CT molecular complexity index is 1030. The van der Waals surface area contributed by atoms with E-state index >= 15 is 0 Å². The van der Waals surface area contributed by atoms with Crippen molar-refractivity contribution in [3.05, 3.63) is 70.7 Å². The van der Waals surface area contributed by atoms with Gasteiger partial charge in [0.15, 0.2) is 0 Å². The lowest BCUT2D eigenvalue weighted by molar-refractivity contribution is -0.126. The van der Waals surface area contributed by atoms with E-state index in [4.69, 9.17) is 16.6 Å². The maximum absolute atomic E-state index is 12.7. The van der Waals surface area contributed by atoms with Crippen molar-refractivity contribution in [3.8, 4) is 0 Å². The minimum atomic E-state index is -0.0182. The topological polar surface area (TPSA) is 54.0 Å². The number of benzene rings is 2. The first-order valence-electron chi connectivity index (χ1n) is 10.7. The van der Waals surface area contributed by atoms with Gasteiger partial charge in [-0.15, -0.1) is 0 Å². The summed E-state index contributed by atoms with van der Waals surface area (Å²) < 4.78 is 0. The number of rotatable bonds is 5. The van der Waals surface area contributed by atoms with E-state index < -0.39 is 0 Å². The van der Waals surface area contributed by atoms with Crippen molar-refractivity contribution in [2.24, 2.45) is 5.92 Å². The van der Waals surface area contributed by atoms with Crippen molar-refractivity contribution in [2.75, 3.05) is 5.32 Å². The van der Waals surface area contributed by atoms with Gasteiger partial charge in [0.2, 0.25) is 5.91 Å². The highest BCUT2D eigenvalue weighted by molar-refractivity contribution is 6.30.